The van der Waals surface area contributed by atoms with Crippen LogP contribution in [0.2, 0.25) is 0 Å². The lowest BCUT2D eigenvalue weighted by molar-refractivity contribution is 1.13. The van der Waals surface area contributed by atoms with Gasteiger partial charge in [-0.25, -0.2) is 0 Å². The molecule has 0 aliphatic carbocycles. The van der Waals surface area contributed by atoms with E-state index in [4.69, 9.17) is 5.26 Å². The van der Waals surface area contributed by atoms with Crippen molar-refractivity contribution in [2.45, 2.75) is 20.4 Å². The van der Waals surface area contributed by atoms with Crippen molar-refractivity contribution in [1.82, 2.24) is 0 Å². The molecule has 2 aromatic carbocycles. The molecule has 1 N–H and O–H groups in total. The minimum Gasteiger partial charge on any atom is -0.381 e. The lowest BCUT2D eigenvalue weighted by Crippen LogP contribution is -2.01. The first-order valence-corrected chi connectivity index (χ1v) is 5.99. The highest BCUT2D eigenvalue weighted by Crippen LogP contribution is 2.16. The Morgan fingerprint density at radius 1 is 1.06 bits per heavy atom. The Hall–Kier alpha value is -2.27. The SMILES string of the molecule is Cc1cc(C)cc(NCc2ccccc2C#N)c1. The van der Waals surface area contributed by atoms with E-state index in [9.17, 15) is 0 Å². The molecule has 0 aromatic heterocycles. The number of nitriles is 1. The Labute approximate surface area is 108 Å². The Morgan fingerprint density at radius 3 is 2.39 bits per heavy atom. The highest BCUT2D eigenvalue weighted by Gasteiger charge is 2.01. The molecule has 0 amide bonds. The molecule has 0 aliphatic heterocycles. The van der Waals surface area contributed by atoms with Crippen molar-refractivity contribution >= 4 is 5.69 Å². The van der Waals surface area contributed by atoms with Crippen molar-refractivity contribution in [1.29, 1.82) is 5.26 Å². The Kier molecular flexibility index (Phi) is 3.64. The number of nitrogens with one attached hydrogen (secondary N) is 1. The average molecular weight is 236 g/mol. The van der Waals surface area contributed by atoms with E-state index in [0.29, 0.717) is 6.54 Å². The highest BCUT2D eigenvalue weighted by atomic mass is 14.9. The summed E-state index contributed by atoms with van der Waals surface area (Å²) in [4.78, 5) is 0. The lowest BCUT2D eigenvalue weighted by Gasteiger charge is -2.09. The fourth-order valence-electron chi connectivity index (χ4n) is 2.06. The minimum absolute atomic E-state index is 0.673. The van der Waals surface area contributed by atoms with Gasteiger partial charge in [0, 0.05) is 12.2 Å². The largest absolute Gasteiger partial charge is 0.381 e. The molecule has 18 heavy (non-hydrogen) atoms. The van der Waals surface area contributed by atoms with Crippen LogP contribution in [0.1, 0.15) is 22.3 Å². The van der Waals surface area contributed by atoms with Gasteiger partial charge in [0.1, 0.15) is 0 Å². The number of aryl methyl sites for hydroxylation is 2. The quantitative estimate of drug-likeness (QED) is 0.880. The number of rotatable bonds is 3. The van der Waals surface area contributed by atoms with E-state index in [2.05, 4.69) is 43.4 Å². The van der Waals surface area contributed by atoms with Crippen LogP contribution in [0, 0.1) is 25.2 Å². The number of hydrogen-bond donors (Lipinski definition) is 1. The van der Waals surface area contributed by atoms with Gasteiger partial charge in [-0.05, 0) is 48.7 Å². The molecule has 0 fully saturated rings. The molecule has 2 heteroatoms. The summed E-state index contributed by atoms with van der Waals surface area (Å²) in [5.41, 5.74) is 5.34. The summed E-state index contributed by atoms with van der Waals surface area (Å²) in [5.74, 6) is 0. The second-order valence-corrected chi connectivity index (χ2v) is 4.50. The van der Waals surface area contributed by atoms with E-state index in [1.165, 1.54) is 11.1 Å². The molecular weight excluding hydrogens is 220 g/mol. The molecule has 0 atom stereocenters. The molecule has 2 rings (SSSR count). The van der Waals surface area contributed by atoms with E-state index < -0.39 is 0 Å². The molecule has 0 spiro atoms. The third kappa shape index (κ3) is 2.89. The van der Waals surface area contributed by atoms with E-state index in [1.807, 2.05) is 24.3 Å². The van der Waals surface area contributed by atoms with Crippen LogP contribution in [0.15, 0.2) is 42.5 Å². The van der Waals surface area contributed by atoms with Crippen LogP contribution in [0.25, 0.3) is 0 Å². The molecule has 0 saturated carbocycles. The third-order valence-electron chi connectivity index (χ3n) is 2.84. The lowest BCUT2D eigenvalue weighted by atomic mass is 10.1. The highest BCUT2D eigenvalue weighted by molar-refractivity contribution is 5.49. The summed E-state index contributed by atoms with van der Waals surface area (Å²) < 4.78 is 0. The van der Waals surface area contributed by atoms with E-state index in [1.54, 1.807) is 0 Å². The molecule has 2 aromatic rings. The molecule has 0 bridgehead atoms. The van der Waals surface area contributed by atoms with Crippen LogP contribution in [-0.2, 0) is 6.54 Å². The van der Waals surface area contributed by atoms with E-state index >= 15 is 0 Å². The average Bonchev–Trinajstić information content (AvgIpc) is 2.35. The minimum atomic E-state index is 0.673. The maximum absolute atomic E-state index is 9.03. The molecule has 0 aliphatic rings. The zero-order chi connectivity index (χ0) is 13.0. The second kappa shape index (κ2) is 5.37. The summed E-state index contributed by atoms with van der Waals surface area (Å²) in [5, 5.41) is 12.4. The first-order chi connectivity index (χ1) is 8.69. The summed E-state index contributed by atoms with van der Waals surface area (Å²) in [6.45, 7) is 4.84. The Balaban J connectivity index is 2.14. The molecule has 0 radical (unpaired) electrons. The summed E-state index contributed by atoms with van der Waals surface area (Å²) in [6, 6.07) is 16.3. The van der Waals surface area contributed by atoms with Gasteiger partial charge < -0.3 is 5.32 Å². The van der Waals surface area contributed by atoms with Gasteiger partial charge in [0.15, 0.2) is 0 Å². The topological polar surface area (TPSA) is 35.8 Å². The van der Waals surface area contributed by atoms with E-state index in [-0.39, 0.29) is 0 Å². The maximum Gasteiger partial charge on any atom is 0.0995 e. The number of benzene rings is 2. The monoisotopic (exact) mass is 236 g/mol. The first-order valence-electron chi connectivity index (χ1n) is 5.99. The van der Waals surface area contributed by atoms with Crippen molar-refractivity contribution < 1.29 is 0 Å². The first kappa shape index (κ1) is 12.2. The van der Waals surface area contributed by atoms with Crippen LogP contribution in [0.5, 0.6) is 0 Å². The zero-order valence-corrected chi connectivity index (χ0v) is 10.7. The van der Waals surface area contributed by atoms with Crippen LogP contribution >= 0.6 is 0 Å². The van der Waals surface area contributed by atoms with Crippen molar-refractivity contribution in [3.63, 3.8) is 0 Å². The van der Waals surface area contributed by atoms with E-state index in [0.717, 1.165) is 16.8 Å². The Bertz CT molecular complexity index is 574. The smallest absolute Gasteiger partial charge is 0.0995 e. The molecule has 2 nitrogen and oxygen atoms in total. The van der Waals surface area contributed by atoms with Crippen LogP contribution in [0.3, 0.4) is 0 Å². The number of hydrogen-bond acceptors (Lipinski definition) is 2. The maximum atomic E-state index is 9.03. The van der Waals surface area contributed by atoms with Crippen LogP contribution in [-0.4, -0.2) is 0 Å². The summed E-state index contributed by atoms with van der Waals surface area (Å²) in [6.07, 6.45) is 0. The van der Waals surface area contributed by atoms with Gasteiger partial charge in [0.05, 0.1) is 11.6 Å². The van der Waals surface area contributed by atoms with Gasteiger partial charge in [0.2, 0.25) is 0 Å². The second-order valence-electron chi connectivity index (χ2n) is 4.50. The molecule has 90 valence electrons. The van der Waals surface area contributed by atoms with Crippen molar-refractivity contribution in [2.75, 3.05) is 5.32 Å². The molecule has 0 saturated heterocycles. The van der Waals surface area contributed by atoms with Gasteiger partial charge in [0.25, 0.3) is 0 Å². The van der Waals surface area contributed by atoms with Crippen molar-refractivity contribution in [2.24, 2.45) is 0 Å². The molecule has 0 heterocycles. The fraction of sp³-hybridized carbons (Fsp3) is 0.188. The predicted octanol–water partition coefficient (Wildman–Crippen LogP) is 3.79. The van der Waals surface area contributed by atoms with Crippen LogP contribution < -0.4 is 5.32 Å². The molecular formula is C16H16N2. The van der Waals surface area contributed by atoms with Gasteiger partial charge in [-0.3, -0.25) is 0 Å². The van der Waals surface area contributed by atoms with Gasteiger partial charge in [-0.2, -0.15) is 5.26 Å². The van der Waals surface area contributed by atoms with Gasteiger partial charge in [-0.1, -0.05) is 24.3 Å². The zero-order valence-electron chi connectivity index (χ0n) is 10.7. The summed E-state index contributed by atoms with van der Waals surface area (Å²) in [7, 11) is 0. The number of nitrogens with zero attached hydrogens (tertiary/aromatic N) is 1. The standard InChI is InChI=1S/C16H16N2/c1-12-7-13(2)9-16(8-12)18-11-15-6-4-3-5-14(15)10-17/h3-9,18H,11H2,1-2H3. The van der Waals surface area contributed by atoms with Crippen LogP contribution in [0.4, 0.5) is 5.69 Å². The molecule has 0 unspecified atom stereocenters. The van der Waals surface area contributed by atoms with Crippen molar-refractivity contribution in [3.8, 4) is 6.07 Å². The van der Waals surface area contributed by atoms with Gasteiger partial charge in [-0.15, -0.1) is 0 Å². The fourth-order valence-corrected chi connectivity index (χ4v) is 2.06. The third-order valence-corrected chi connectivity index (χ3v) is 2.84. The predicted molar refractivity (Wildman–Crippen MR) is 74.4 cm³/mol. The van der Waals surface area contributed by atoms with Gasteiger partial charge >= 0.3 is 0 Å². The summed E-state index contributed by atoms with van der Waals surface area (Å²) >= 11 is 0. The Morgan fingerprint density at radius 2 is 1.72 bits per heavy atom. The number of anilines is 1. The van der Waals surface area contributed by atoms with Crippen molar-refractivity contribution in [3.05, 3.63) is 64.7 Å². The normalized spacial score (nSPS) is 9.83.